The van der Waals surface area contributed by atoms with Gasteiger partial charge in [-0.15, -0.1) is 5.10 Å². The van der Waals surface area contributed by atoms with Crippen LogP contribution in [0.1, 0.15) is 11.1 Å². The highest BCUT2D eigenvalue weighted by molar-refractivity contribution is 5.73. The van der Waals surface area contributed by atoms with E-state index in [2.05, 4.69) is 60.5 Å². The van der Waals surface area contributed by atoms with Crippen LogP contribution in [0.2, 0.25) is 0 Å². The van der Waals surface area contributed by atoms with Crippen LogP contribution in [0.4, 0.5) is 23.4 Å². The van der Waals surface area contributed by atoms with Gasteiger partial charge < -0.3 is 20.7 Å². The molecule has 6 rings (SSSR count). The van der Waals surface area contributed by atoms with Gasteiger partial charge in [0.15, 0.2) is 11.5 Å². The standard InChI is InChI=1S/C28H26N10O/c29-18-24-25(32-21-6-8-22(9-7-21)39-23-10-12-31-13-11-23)35-38-26(24)33-28(34-27(38)30)37-16-14-36(15-17-37)19-20-4-2-1-3-5-20/h1-13H,14-17,19H2,(H,32,35)(H2,30,33,34). The molecule has 2 aromatic carbocycles. The summed E-state index contributed by atoms with van der Waals surface area (Å²) in [5.41, 5.74) is 8.96. The number of nitrogens with two attached hydrogens (primary N) is 1. The summed E-state index contributed by atoms with van der Waals surface area (Å²) >= 11 is 0. The molecule has 0 atom stereocenters. The van der Waals surface area contributed by atoms with Gasteiger partial charge in [-0.2, -0.15) is 19.7 Å². The fraction of sp³-hybridized carbons (Fsp3) is 0.179. The van der Waals surface area contributed by atoms with Crippen LogP contribution in [0.15, 0.2) is 79.1 Å². The van der Waals surface area contributed by atoms with Gasteiger partial charge in [0.25, 0.3) is 0 Å². The molecule has 1 fully saturated rings. The van der Waals surface area contributed by atoms with Gasteiger partial charge in [0.05, 0.1) is 0 Å². The van der Waals surface area contributed by atoms with Gasteiger partial charge in [0, 0.05) is 50.8 Å². The molecule has 0 unspecified atom stereocenters. The number of hydrogen-bond acceptors (Lipinski definition) is 10. The van der Waals surface area contributed by atoms with E-state index in [0.29, 0.717) is 34.5 Å². The Kier molecular flexibility index (Phi) is 6.59. The number of anilines is 4. The van der Waals surface area contributed by atoms with Crippen molar-refractivity contribution < 1.29 is 4.74 Å². The molecule has 5 aromatic rings. The molecule has 11 heteroatoms. The Morgan fingerprint density at radius 3 is 2.33 bits per heavy atom. The summed E-state index contributed by atoms with van der Waals surface area (Å²) in [7, 11) is 0. The lowest BCUT2D eigenvalue weighted by Gasteiger charge is -2.34. The number of benzene rings is 2. The third-order valence-electron chi connectivity index (χ3n) is 6.52. The van der Waals surface area contributed by atoms with Crippen molar-refractivity contribution in [1.82, 2.24) is 29.5 Å². The molecule has 1 aliphatic rings. The molecule has 3 N–H and O–H groups in total. The van der Waals surface area contributed by atoms with Crippen molar-refractivity contribution in [2.75, 3.05) is 42.1 Å². The number of fused-ring (bicyclic) bond motifs is 1. The number of pyridine rings is 1. The first-order valence-electron chi connectivity index (χ1n) is 12.6. The fourth-order valence-corrected chi connectivity index (χ4v) is 4.51. The summed E-state index contributed by atoms with van der Waals surface area (Å²) in [5, 5.41) is 17.6. The molecule has 194 valence electrons. The predicted octanol–water partition coefficient (Wildman–Crippen LogP) is 3.83. The smallest absolute Gasteiger partial charge is 0.230 e. The average Bonchev–Trinajstić information content (AvgIpc) is 3.33. The molecule has 39 heavy (non-hydrogen) atoms. The maximum absolute atomic E-state index is 9.97. The van der Waals surface area contributed by atoms with Crippen molar-refractivity contribution in [3.63, 3.8) is 0 Å². The van der Waals surface area contributed by atoms with Crippen molar-refractivity contribution in [2.45, 2.75) is 6.54 Å². The summed E-state index contributed by atoms with van der Waals surface area (Å²) in [5.74, 6) is 2.39. The van der Waals surface area contributed by atoms with Crippen molar-refractivity contribution >= 4 is 29.0 Å². The Morgan fingerprint density at radius 2 is 1.62 bits per heavy atom. The molecule has 3 aromatic heterocycles. The zero-order valence-corrected chi connectivity index (χ0v) is 21.1. The predicted molar refractivity (Wildman–Crippen MR) is 148 cm³/mol. The SMILES string of the molecule is N#Cc1c(Nc2ccc(Oc3ccncc3)cc2)nn2c(N)nc(N3CCN(Cc4ccccc4)CC3)nc12. The van der Waals surface area contributed by atoms with Crippen LogP contribution in [-0.4, -0.2) is 55.6 Å². The maximum Gasteiger partial charge on any atom is 0.230 e. The van der Waals surface area contributed by atoms with Gasteiger partial charge >= 0.3 is 0 Å². The van der Waals surface area contributed by atoms with Crippen molar-refractivity contribution in [2.24, 2.45) is 0 Å². The molecule has 1 saturated heterocycles. The zero-order chi connectivity index (χ0) is 26.6. The first kappa shape index (κ1) is 24.1. The van der Waals surface area contributed by atoms with Crippen LogP contribution in [0.25, 0.3) is 5.65 Å². The summed E-state index contributed by atoms with van der Waals surface area (Å²) in [6.45, 7) is 4.18. The second kappa shape index (κ2) is 10.6. The molecule has 0 saturated carbocycles. The van der Waals surface area contributed by atoms with Gasteiger partial charge in [-0.1, -0.05) is 30.3 Å². The van der Waals surface area contributed by atoms with E-state index in [4.69, 9.17) is 15.5 Å². The molecule has 0 amide bonds. The first-order valence-corrected chi connectivity index (χ1v) is 12.6. The lowest BCUT2D eigenvalue weighted by Crippen LogP contribution is -2.46. The van der Waals surface area contributed by atoms with E-state index in [-0.39, 0.29) is 5.95 Å². The highest BCUT2D eigenvalue weighted by Gasteiger charge is 2.23. The van der Waals surface area contributed by atoms with Crippen LogP contribution < -0.4 is 20.7 Å². The number of nitrogen functional groups attached to an aromatic ring is 1. The first-order chi connectivity index (χ1) is 19.2. The van der Waals surface area contributed by atoms with E-state index in [0.717, 1.165) is 38.4 Å². The molecule has 0 aliphatic carbocycles. The molecule has 0 bridgehead atoms. The van der Waals surface area contributed by atoms with Gasteiger partial charge in [-0.3, -0.25) is 9.88 Å². The molecule has 1 aliphatic heterocycles. The minimum Gasteiger partial charge on any atom is -0.457 e. The minimum absolute atomic E-state index is 0.173. The molecular weight excluding hydrogens is 492 g/mol. The van der Waals surface area contributed by atoms with E-state index in [1.165, 1.54) is 10.1 Å². The highest BCUT2D eigenvalue weighted by Crippen LogP contribution is 2.27. The van der Waals surface area contributed by atoms with Gasteiger partial charge in [0.1, 0.15) is 23.1 Å². The van der Waals surface area contributed by atoms with E-state index >= 15 is 0 Å². The third kappa shape index (κ3) is 5.27. The second-order valence-electron chi connectivity index (χ2n) is 9.14. The number of nitriles is 1. The molecule has 11 nitrogen and oxygen atoms in total. The summed E-state index contributed by atoms with van der Waals surface area (Å²) in [4.78, 5) is 17.7. The van der Waals surface area contributed by atoms with Crippen LogP contribution in [-0.2, 0) is 6.54 Å². The van der Waals surface area contributed by atoms with E-state index < -0.39 is 0 Å². The zero-order valence-electron chi connectivity index (χ0n) is 21.1. The Labute approximate surface area is 225 Å². The normalized spacial score (nSPS) is 13.8. The van der Waals surface area contributed by atoms with Crippen LogP contribution in [0.3, 0.4) is 0 Å². The quantitative estimate of drug-likeness (QED) is 0.327. The molecule has 4 heterocycles. The van der Waals surface area contributed by atoms with Crippen molar-refractivity contribution in [3.8, 4) is 17.6 Å². The fourth-order valence-electron chi connectivity index (χ4n) is 4.51. The molecule has 0 radical (unpaired) electrons. The topological polar surface area (TPSA) is 134 Å². The van der Waals surface area contributed by atoms with E-state index in [9.17, 15) is 5.26 Å². The van der Waals surface area contributed by atoms with Gasteiger partial charge in [0.2, 0.25) is 11.9 Å². The van der Waals surface area contributed by atoms with Crippen LogP contribution in [0, 0.1) is 11.3 Å². The van der Waals surface area contributed by atoms with E-state index in [1.807, 2.05) is 30.3 Å². The van der Waals surface area contributed by atoms with Crippen molar-refractivity contribution in [1.29, 1.82) is 5.26 Å². The number of hydrogen-bond donors (Lipinski definition) is 2. The van der Waals surface area contributed by atoms with E-state index in [1.54, 1.807) is 24.5 Å². The highest BCUT2D eigenvalue weighted by atomic mass is 16.5. The molecule has 0 spiro atoms. The number of rotatable bonds is 7. The number of nitrogens with zero attached hydrogens (tertiary/aromatic N) is 8. The summed E-state index contributed by atoms with van der Waals surface area (Å²) in [6.07, 6.45) is 3.34. The Bertz CT molecular complexity index is 1610. The third-order valence-corrected chi connectivity index (χ3v) is 6.52. The summed E-state index contributed by atoms with van der Waals surface area (Å²) < 4.78 is 7.22. The monoisotopic (exact) mass is 518 g/mol. The number of aromatic nitrogens is 5. The maximum atomic E-state index is 9.97. The molecular formula is C28H26N10O. The average molecular weight is 519 g/mol. The lowest BCUT2D eigenvalue weighted by molar-refractivity contribution is 0.248. The Hall–Kier alpha value is -5.21. The van der Waals surface area contributed by atoms with Crippen molar-refractivity contribution in [3.05, 3.63) is 90.3 Å². The lowest BCUT2D eigenvalue weighted by atomic mass is 10.2. The second-order valence-corrected chi connectivity index (χ2v) is 9.14. The van der Waals surface area contributed by atoms with Crippen LogP contribution >= 0.6 is 0 Å². The minimum atomic E-state index is 0.173. The number of piperazine rings is 1. The van der Waals surface area contributed by atoms with Crippen LogP contribution in [0.5, 0.6) is 11.5 Å². The summed E-state index contributed by atoms with van der Waals surface area (Å²) in [6, 6.07) is 23.6. The largest absolute Gasteiger partial charge is 0.457 e. The van der Waals surface area contributed by atoms with Gasteiger partial charge in [-0.05, 0) is 42.0 Å². The Balaban J connectivity index is 1.17. The van der Waals surface area contributed by atoms with Gasteiger partial charge in [-0.25, -0.2) is 0 Å². The Morgan fingerprint density at radius 1 is 0.897 bits per heavy atom. The number of ether oxygens (including phenoxy) is 1. The number of nitrogens with one attached hydrogen (secondary N) is 1.